The van der Waals surface area contributed by atoms with E-state index < -0.39 is 5.41 Å². The minimum absolute atomic E-state index is 0.0841. The number of hydrogen-bond acceptors (Lipinski definition) is 7. The van der Waals surface area contributed by atoms with Gasteiger partial charge in [0, 0.05) is 32.0 Å². The van der Waals surface area contributed by atoms with Crippen LogP contribution in [-0.4, -0.2) is 52.9 Å². The highest BCUT2D eigenvalue weighted by Gasteiger charge is 2.53. The van der Waals surface area contributed by atoms with E-state index in [1.54, 1.807) is 48.3 Å². The number of fused-ring (bicyclic) bond motifs is 2. The van der Waals surface area contributed by atoms with Gasteiger partial charge in [-0.05, 0) is 91.6 Å². The molecule has 6 rings (SSSR count). The summed E-state index contributed by atoms with van der Waals surface area (Å²) in [6.07, 6.45) is 7.50. The van der Waals surface area contributed by atoms with E-state index in [4.69, 9.17) is 0 Å². The minimum Gasteiger partial charge on any atom is -0.292 e. The van der Waals surface area contributed by atoms with E-state index >= 15 is 0 Å². The second-order valence-corrected chi connectivity index (χ2v) is 10.8. The van der Waals surface area contributed by atoms with Gasteiger partial charge in [-0.1, -0.05) is 0 Å². The summed E-state index contributed by atoms with van der Waals surface area (Å²) in [4.78, 5) is 20.3. The van der Waals surface area contributed by atoms with Crippen molar-refractivity contribution in [3.63, 3.8) is 0 Å². The predicted octanol–water partition coefficient (Wildman–Crippen LogP) is 3.84. The quantitative estimate of drug-likeness (QED) is 0.302. The number of aromatic nitrogens is 6. The van der Waals surface area contributed by atoms with Crippen molar-refractivity contribution in [2.45, 2.75) is 31.2 Å². The first kappa shape index (κ1) is 23.1. The molecule has 1 aromatic carbocycles. The van der Waals surface area contributed by atoms with Gasteiger partial charge < -0.3 is 0 Å². The van der Waals surface area contributed by atoms with Crippen LogP contribution < -0.4 is 0 Å². The normalized spacial score (nSPS) is 21.7. The molecular weight excluding hydrogens is 477 g/mol. The van der Waals surface area contributed by atoms with Crippen molar-refractivity contribution in [3.8, 4) is 5.69 Å². The molecule has 0 saturated carbocycles. The zero-order valence-corrected chi connectivity index (χ0v) is 21.0. The fourth-order valence-electron chi connectivity index (χ4n) is 5.58. The molecule has 0 spiro atoms. The van der Waals surface area contributed by atoms with E-state index in [-0.39, 0.29) is 17.5 Å². The molecular formula is C26H26FN7OS. The fraction of sp³-hybridized carbons (Fsp3) is 0.346. The molecule has 2 aliphatic rings. The van der Waals surface area contributed by atoms with Gasteiger partial charge in [-0.2, -0.15) is 15.0 Å². The van der Waals surface area contributed by atoms with Gasteiger partial charge in [-0.3, -0.25) is 9.78 Å². The number of aryl methyl sites for hydroxylation is 2. The first-order valence-electron chi connectivity index (χ1n) is 12.0. The number of halogens is 1. The number of hydrogen-bond donors (Lipinski definition) is 0. The van der Waals surface area contributed by atoms with Crippen LogP contribution in [0.5, 0.6) is 0 Å². The summed E-state index contributed by atoms with van der Waals surface area (Å²) >= 11 is 1.55. The van der Waals surface area contributed by atoms with Crippen LogP contribution in [0.4, 0.5) is 4.39 Å². The highest BCUT2D eigenvalue weighted by Crippen LogP contribution is 2.49. The maximum Gasteiger partial charge on any atom is 0.189 e. The van der Waals surface area contributed by atoms with Crippen LogP contribution in [0.15, 0.2) is 60.0 Å². The Labute approximate surface area is 212 Å². The van der Waals surface area contributed by atoms with Crippen molar-refractivity contribution in [2.24, 2.45) is 18.4 Å². The molecule has 1 fully saturated rings. The lowest BCUT2D eigenvalue weighted by atomic mass is 9.60. The Bertz CT molecular complexity index is 1430. The summed E-state index contributed by atoms with van der Waals surface area (Å²) in [7, 11) is 1.80. The first-order chi connectivity index (χ1) is 17.4. The van der Waals surface area contributed by atoms with Crippen LogP contribution in [0.2, 0.25) is 0 Å². The lowest BCUT2D eigenvalue weighted by Crippen LogP contribution is -2.55. The summed E-state index contributed by atoms with van der Waals surface area (Å²) in [6.45, 7) is 3.41. The summed E-state index contributed by atoms with van der Waals surface area (Å²) in [5.41, 5.74) is 3.89. The molecule has 3 aromatic heterocycles. The lowest BCUT2D eigenvalue weighted by molar-refractivity contribution is 0.0411. The number of piperidine rings is 1. The maximum atomic E-state index is 14.2. The van der Waals surface area contributed by atoms with E-state index in [9.17, 15) is 9.18 Å². The molecule has 1 unspecified atom stereocenters. The highest BCUT2D eigenvalue weighted by molar-refractivity contribution is 7.97. The van der Waals surface area contributed by atoms with E-state index in [1.807, 2.05) is 29.9 Å². The summed E-state index contributed by atoms with van der Waals surface area (Å²) in [5.74, 6) is -0.0572. The van der Waals surface area contributed by atoms with E-state index in [0.717, 1.165) is 46.9 Å². The third-order valence-corrected chi connectivity index (χ3v) is 8.28. The molecule has 0 N–H and O–H groups in total. The topological polar surface area (TPSA) is 81.7 Å². The molecule has 184 valence electrons. The number of nitrogens with zero attached hydrogens (tertiary/aromatic N) is 7. The molecule has 1 saturated heterocycles. The minimum atomic E-state index is -0.627. The van der Waals surface area contributed by atoms with Crippen LogP contribution >= 0.6 is 11.9 Å². The zero-order valence-electron chi connectivity index (χ0n) is 20.1. The van der Waals surface area contributed by atoms with Gasteiger partial charge >= 0.3 is 0 Å². The van der Waals surface area contributed by atoms with Crippen molar-refractivity contribution in [3.05, 3.63) is 83.3 Å². The van der Waals surface area contributed by atoms with Gasteiger partial charge in [0.25, 0.3) is 0 Å². The Morgan fingerprint density at radius 1 is 1.17 bits per heavy atom. The van der Waals surface area contributed by atoms with Crippen molar-refractivity contribution in [1.29, 1.82) is 0 Å². The van der Waals surface area contributed by atoms with E-state index in [1.165, 1.54) is 12.1 Å². The van der Waals surface area contributed by atoms with E-state index in [0.29, 0.717) is 18.7 Å². The molecule has 0 radical (unpaired) electrons. The Morgan fingerprint density at radius 3 is 2.75 bits per heavy atom. The molecule has 0 bridgehead atoms. The van der Waals surface area contributed by atoms with Crippen LogP contribution in [0.25, 0.3) is 5.69 Å². The fourth-order valence-corrected chi connectivity index (χ4v) is 6.58. The van der Waals surface area contributed by atoms with Crippen LogP contribution in [0, 0.1) is 24.1 Å². The van der Waals surface area contributed by atoms with Crippen LogP contribution in [-0.2, 0) is 19.9 Å². The predicted molar refractivity (Wildman–Crippen MR) is 133 cm³/mol. The van der Waals surface area contributed by atoms with Gasteiger partial charge in [0.05, 0.1) is 23.5 Å². The average Bonchev–Trinajstić information content (AvgIpc) is 3.47. The van der Waals surface area contributed by atoms with Crippen molar-refractivity contribution in [2.75, 3.05) is 13.1 Å². The second-order valence-electron chi connectivity index (χ2n) is 9.70. The summed E-state index contributed by atoms with van der Waals surface area (Å²) in [6, 6.07) is 10.2. The van der Waals surface area contributed by atoms with Crippen molar-refractivity contribution < 1.29 is 9.18 Å². The van der Waals surface area contributed by atoms with Gasteiger partial charge in [0.1, 0.15) is 11.5 Å². The largest absolute Gasteiger partial charge is 0.292 e. The molecule has 1 aliphatic carbocycles. The molecule has 0 amide bonds. The van der Waals surface area contributed by atoms with Crippen LogP contribution in [0.3, 0.4) is 0 Å². The number of carbonyl (C=O) groups excluding carboxylic acids is 1. The number of pyridine rings is 1. The Hall–Kier alpha value is -3.37. The van der Waals surface area contributed by atoms with Gasteiger partial charge in [0.15, 0.2) is 10.8 Å². The third-order valence-electron chi connectivity index (χ3n) is 7.34. The molecule has 2 atom stereocenters. The number of ketones is 1. The SMILES string of the molecule is Cc1ccnc(C(=O)[C@]23Cc4cnn(-c5ccc(F)cc5)c4CC2CCN(Sc2cnn(C)n2)C3)c1. The Morgan fingerprint density at radius 2 is 2.00 bits per heavy atom. The number of rotatable bonds is 5. The lowest BCUT2D eigenvalue weighted by Gasteiger charge is -2.49. The molecule has 4 aromatic rings. The first-order valence-corrected chi connectivity index (χ1v) is 12.8. The number of carbonyl (C=O) groups is 1. The average molecular weight is 504 g/mol. The monoisotopic (exact) mass is 503 g/mol. The summed E-state index contributed by atoms with van der Waals surface area (Å²) in [5, 5.41) is 14.1. The highest BCUT2D eigenvalue weighted by atomic mass is 32.2. The van der Waals surface area contributed by atoms with Crippen LogP contribution in [0.1, 0.15) is 33.7 Å². The third kappa shape index (κ3) is 4.04. The summed E-state index contributed by atoms with van der Waals surface area (Å²) < 4.78 is 17.7. The molecule has 1 aliphatic heterocycles. The smallest absolute Gasteiger partial charge is 0.189 e. The van der Waals surface area contributed by atoms with Crippen molar-refractivity contribution >= 4 is 17.7 Å². The van der Waals surface area contributed by atoms with Gasteiger partial charge in [0.2, 0.25) is 0 Å². The van der Waals surface area contributed by atoms with Gasteiger partial charge in [-0.15, -0.1) is 5.10 Å². The molecule has 10 heteroatoms. The molecule has 4 heterocycles. The maximum absolute atomic E-state index is 14.2. The van der Waals surface area contributed by atoms with Gasteiger partial charge in [-0.25, -0.2) is 13.4 Å². The number of Topliss-reactive ketones (excluding diaryl/α,β-unsaturated/α-hetero) is 1. The number of benzene rings is 1. The zero-order chi connectivity index (χ0) is 24.9. The Kier molecular flexibility index (Phi) is 5.72. The standard InChI is InChI=1S/C26H26FN7OS/c1-17-7-9-28-22(11-17)25(35)26-13-18-14-30-34(21-5-3-20(27)4-6-21)23(18)12-19(26)8-10-33(16-26)36-24-15-29-32(2)31-24/h3-7,9,11,14-15,19H,8,10,12-13,16H2,1-2H3/t19?,26-/m0/s1. The Balaban J connectivity index is 1.38. The van der Waals surface area contributed by atoms with E-state index in [2.05, 4.69) is 24.6 Å². The molecule has 8 nitrogen and oxygen atoms in total. The van der Waals surface area contributed by atoms with Crippen molar-refractivity contribution in [1.82, 2.24) is 34.1 Å². The molecule has 36 heavy (non-hydrogen) atoms. The second kappa shape index (κ2) is 8.94.